The first kappa shape index (κ1) is 14.9. The standard InChI is InChI=1S/C17H23ClN2O/c1-17(2)7-5-14(21-17)11-20-10-12(6-8-19)15-4-3-13(18)9-16(15)20/h3-4,9-10,14H,5-8,11,19H2,1-2H3. The molecule has 21 heavy (non-hydrogen) atoms. The first-order valence-electron chi connectivity index (χ1n) is 7.64. The Morgan fingerprint density at radius 3 is 2.90 bits per heavy atom. The maximum atomic E-state index is 6.17. The lowest BCUT2D eigenvalue weighted by Gasteiger charge is -2.20. The highest BCUT2D eigenvalue weighted by Gasteiger charge is 2.31. The van der Waals surface area contributed by atoms with Gasteiger partial charge in [0.25, 0.3) is 0 Å². The van der Waals surface area contributed by atoms with Crippen LogP contribution >= 0.6 is 11.6 Å². The third-order valence-electron chi connectivity index (χ3n) is 4.29. The minimum absolute atomic E-state index is 0.00531. The smallest absolute Gasteiger partial charge is 0.0762 e. The molecule has 3 nitrogen and oxygen atoms in total. The maximum Gasteiger partial charge on any atom is 0.0762 e. The number of aromatic nitrogens is 1. The van der Waals surface area contributed by atoms with Gasteiger partial charge in [0.2, 0.25) is 0 Å². The summed E-state index contributed by atoms with van der Waals surface area (Å²) in [5.74, 6) is 0. The van der Waals surface area contributed by atoms with Gasteiger partial charge < -0.3 is 15.0 Å². The van der Waals surface area contributed by atoms with Gasteiger partial charge in [-0.25, -0.2) is 0 Å². The van der Waals surface area contributed by atoms with E-state index in [2.05, 4.69) is 30.7 Å². The Bertz CT molecular complexity index is 648. The summed E-state index contributed by atoms with van der Waals surface area (Å²) in [6.07, 6.45) is 5.61. The molecule has 0 radical (unpaired) electrons. The van der Waals surface area contributed by atoms with Crippen LogP contribution in [-0.2, 0) is 17.7 Å². The molecule has 2 N–H and O–H groups in total. The first-order chi connectivity index (χ1) is 9.98. The molecule has 0 bridgehead atoms. The van der Waals surface area contributed by atoms with Gasteiger partial charge in [0, 0.05) is 28.7 Å². The third kappa shape index (κ3) is 3.10. The number of ether oxygens (including phenoxy) is 1. The van der Waals surface area contributed by atoms with Crippen LogP contribution in [0.15, 0.2) is 24.4 Å². The number of halogens is 1. The van der Waals surface area contributed by atoms with E-state index in [-0.39, 0.29) is 11.7 Å². The monoisotopic (exact) mass is 306 g/mol. The van der Waals surface area contributed by atoms with Gasteiger partial charge in [-0.3, -0.25) is 0 Å². The number of fused-ring (bicyclic) bond motifs is 1. The Morgan fingerprint density at radius 2 is 2.24 bits per heavy atom. The highest BCUT2D eigenvalue weighted by atomic mass is 35.5. The van der Waals surface area contributed by atoms with Crippen LogP contribution in [0.25, 0.3) is 10.9 Å². The highest BCUT2D eigenvalue weighted by Crippen LogP contribution is 2.32. The molecule has 2 aromatic rings. The average Bonchev–Trinajstić information content (AvgIpc) is 2.92. The van der Waals surface area contributed by atoms with E-state index in [0.717, 1.165) is 30.8 Å². The zero-order valence-electron chi connectivity index (χ0n) is 12.7. The zero-order chi connectivity index (χ0) is 15.0. The predicted octanol–water partition coefficient (Wildman–Crippen LogP) is 3.75. The summed E-state index contributed by atoms with van der Waals surface area (Å²) in [5.41, 5.74) is 8.21. The van der Waals surface area contributed by atoms with Gasteiger partial charge >= 0.3 is 0 Å². The number of benzene rings is 1. The number of nitrogens with two attached hydrogens (primary N) is 1. The van der Waals surface area contributed by atoms with Crippen LogP contribution in [0.2, 0.25) is 5.02 Å². The van der Waals surface area contributed by atoms with E-state index in [1.165, 1.54) is 16.5 Å². The van der Waals surface area contributed by atoms with Crippen LogP contribution in [0.3, 0.4) is 0 Å². The molecule has 1 unspecified atom stereocenters. The second kappa shape index (κ2) is 5.64. The largest absolute Gasteiger partial charge is 0.370 e. The molecule has 1 saturated heterocycles. The minimum atomic E-state index is 0.00531. The summed E-state index contributed by atoms with van der Waals surface area (Å²) in [4.78, 5) is 0. The quantitative estimate of drug-likeness (QED) is 0.934. The fourth-order valence-electron chi connectivity index (χ4n) is 3.27. The summed E-state index contributed by atoms with van der Waals surface area (Å²) < 4.78 is 8.40. The molecule has 0 aliphatic carbocycles. The first-order valence-corrected chi connectivity index (χ1v) is 8.01. The van der Waals surface area contributed by atoms with E-state index in [1.807, 2.05) is 12.1 Å². The molecule has 1 aromatic heterocycles. The summed E-state index contributed by atoms with van der Waals surface area (Å²) in [7, 11) is 0. The Labute approximate surface area is 131 Å². The van der Waals surface area contributed by atoms with E-state index in [4.69, 9.17) is 22.1 Å². The van der Waals surface area contributed by atoms with Crippen LogP contribution in [0, 0.1) is 0 Å². The van der Waals surface area contributed by atoms with E-state index >= 15 is 0 Å². The van der Waals surface area contributed by atoms with E-state index in [9.17, 15) is 0 Å². The van der Waals surface area contributed by atoms with Crippen LogP contribution in [0.5, 0.6) is 0 Å². The van der Waals surface area contributed by atoms with Gasteiger partial charge in [-0.05, 0) is 57.4 Å². The van der Waals surface area contributed by atoms with Crippen LogP contribution < -0.4 is 5.73 Å². The molecule has 1 aliphatic rings. The van der Waals surface area contributed by atoms with E-state index < -0.39 is 0 Å². The lowest BCUT2D eigenvalue weighted by molar-refractivity contribution is -0.0212. The number of hydrogen-bond acceptors (Lipinski definition) is 2. The maximum absolute atomic E-state index is 6.17. The van der Waals surface area contributed by atoms with Crippen LogP contribution in [0.4, 0.5) is 0 Å². The molecule has 4 heteroatoms. The van der Waals surface area contributed by atoms with Gasteiger partial charge in [-0.2, -0.15) is 0 Å². The molecule has 0 spiro atoms. The lowest BCUT2D eigenvalue weighted by Crippen LogP contribution is -2.22. The Hall–Kier alpha value is -1.03. The molecule has 3 rings (SSSR count). The molecule has 1 aromatic carbocycles. The van der Waals surface area contributed by atoms with E-state index in [1.54, 1.807) is 0 Å². The van der Waals surface area contributed by atoms with Gasteiger partial charge in [0.15, 0.2) is 0 Å². The van der Waals surface area contributed by atoms with E-state index in [0.29, 0.717) is 6.54 Å². The Kier molecular flexibility index (Phi) is 4.00. The molecular weight excluding hydrogens is 284 g/mol. The molecule has 0 amide bonds. The molecular formula is C17H23ClN2O. The van der Waals surface area contributed by atoms with Crippen molar-refractivity contribution >= 4 is 22.5 Å². The topological polar surface area (TPSA) is 40.2 Å². The number of nitrogens with zero attached hydrogens (tertiary/aromatic N) is 1. The zero-order valence-corrected chi connectivity index (χ0v) is 13.5. The van der Waals surface area contributed by atoms with Crippen molar-refractivity contribution < 1.29 is 4.74 Å². The fourth-order valence-corrected chi connectivity index (χ4v) is 3.44. The molecule has 1 fully saturated rings. The summed E-state index contributed by atoms with van der Waals surface area (Å²) in [6.45, 7) is 5.87. The predicted molar refractivity (Wildman–Crippen MR) is 87.9 cm³/mol. The third-order valence-corrected chi connectivity index (χ3v) is 4.53. The van der Waals surface area contributed by atoms with Crippen molar-refractivity contribution in [3.8, 4) is 0 Å². The molecule has 2 heterocycles. The lowest BCUT2D eigenvalue weighted by atomic mass is 10.1. The molecule has 114 valence electrons. The van der Waals surface area contributed by atoms with Crippen molar-refractivity contribution in [2.75, 3.05) is 6.54 Å². The van der Waals surface area contributed by atoms with Crippen molar-refractivity contribution in [1.82, 2.24) is 4.57 Å². The molecule has 0 saturated carbocycles. The second-order valence-corrected chi connectivity index (χ2v) is 6.98. The number of rotatable bonds is 4. The van der Waals surface area contributed by atoms with Gasteiger partial charge in [0.05, 0.1) is 11.7 Å². The van der Waals surface area contributed by atoms with Gasteiger partial charge in [-0.15, -0.1) is 0 Å². The van der Waals surface area contributed by atoms with Crippen LogP contribution in [-0.4, -0.2) is 22.8 Å². The average molecular weight is 307 g/mol. The normalized spacial score (nSPS) is 21.2. The van der Waals surface area contributed by atoms with Crippen molar-refractivity contribution in [3.63, 3.8) is 0 Å². The number of hydrogen-bond donors (Lipinski definition) is 1. The van der Waals surface area contributed by atoms with Gasteiger partial charge in [-0.1, -0.05) is 17.7 Å². The summed E-state index contributed by atoms with van der Waals surface area (Å²) in [6, 6.07) is 6.08. The minimum Gasteiger partial charge on any atom is -0.370 e. The van der Waals surface area contributed by atoms with Crippen molar-refractivity contribution in [2.24, 2.45) is 5.73 Å². The Balaban J connectivity index is 1.92. The molecule has 1 aliphatic heterocycles. The van der Waals surface area contributed by atoms with Gasteiger partial charge in [0.1, 0.15) is 0 Å². The van der Waals surface area contributed by atoms with Crippen molar-refractivity contribution in [3.05, 3.63) is 35.0 Å². The second-order valence-electron chi connectivity index (χ2n) is 6.55. The fraction of sp³-hybridized carbons (Fsp3) is 0.529. The molecule has 1 atom stereocenters. The van der Waals surface area contributed by atoms with Crippen LogP contribution in [0.1, 0.15) is 32.3 Å². The van der Waals surface area contributed by atoms with Crippen molar-refractivity contribution in [1.29, 1.82) is 0 Å². The summed E-state index contributed by atoms with van der Waals surface area (Å²) >= 11 is 6.17. The van der Waals surface area contributed by atoms with Crippen molar-refractivity contribution in [2.45, 2.75) is 51.4 Å². The summed E-state index contributed by atoms with van der Waals surface area (Å²) in [5, 5.41) is 2.02. The SMILES string of the molecule is CC1(C)CCC(Cn2cc(CCN)c3ccc(Cl)cc32)O1. The Morgan fingerprint density at radius 1 is 1.43 bits per heavy atom. The highest BCUT2D eigenvalue weighted by molar-refractivity contribution is 6.31.